The molecule has 1 fully saturated rings. The molecule has 0 saturated heterocycles. The van der Waals surface area contributed by atoms with E-state index in [1.165, 1.54) is 18.4 Å². The van der Waals surface area contributed by atoms with Gasteiger partial charge in [0.25, 0.3) is 0 Å². The van der Waals surface area contributed by atoms with Gasteiger partial charge in [0, 0.05) is 19.2 Å². The van der Waals surface area contributed by atoms with Crippen molar-refractivity contribution in [2.45, 2.75) is 50.7 Å². The van der Waals surface area contributed by atoms with Crippen LogP contribution in [0.25, 0.3) is 0 Å². The number of benzene rings is 2. The van der Waals surface area contributed by atoms with Crippen LogP contribution in [0.3, 0.4) is 0 Å². The molecule has 0 aromatic heterocycles. The first-order valence-electron chi connectivity index (χ1n) is 12.8. The zero-order chi connectivity index (χ0) is 25.6. The van der Waals surface area contributed by atoms with Gasteiger partial charge >= 0.3 is 0 Å². The number of aliphatic hydroxyl groups excluding tert-OH is 1. The van der Waals surface area contributed by atoms with Crippen LogP contribution in [0.4, 0.5) is 0 Å². The van der Waals surface area contributed by atoms with E-state index >= 15 is 0 Å². The molecule has 3 rings (SSSR count). The van der Waals surface area contributed by atoms with Crippen LogP contribution in [-0.4, -0.2) is 71.2 Å². The van der Waals surface area contributed by atoms with Gasteiger partial charge in [-0.25, -0.2) is 0 Å². The SMILES string of the molecule is COCCc1ccc(OC[C@@H](O)CN=CC2CCCC[C@H]2OCCc2ccc(OC)c(OC)c2)cc1. The molecule has 0 spiro atoms. The molecule has 1 aliphatic rings. The summed E-state index contributed by atoms with van der Waals surface area (Å²) in [6.07, 6.45) is 7.62. The second-order valence-corrected chi connectivity index (χ2v) is 9.16. The monoisotopic (exact) mass is 499 g/mol. The summed E-state index contributed by atoms with van der Waals surface area (Å²) in [7, 11) is 4.99. The summed E-state index contributed by atoms with van der Waals surface area (Å²) in [6, 6.07) is 13.9. The van der Waals surface area contributed by atoms with Crippen molar-refractivity contribution in [2.24, 2.45) is 10.9 Å². The summed E-state index contributed by atoms with van der Waals surface area (Å²) in [5.74, 6) is 2.49. The lowest BCUT2D eigenvalue weighted by atomic mass is 9.87. The number of nitrogens with zero attached hydrogens (tertiary/aromatic N) is 1. The van der Waals surface area contributed by atoms with Crippen molar-refractivity contribution in [1.82, 2.24) is 0 Å². The van der Waals surface area contributed by atoms with E-state index in [-0.39, 0.29) is 18.6 Å². The fourth-order valence-electron chi connectivity index (χ4n) is 4.40. The number of aliphatic hydroxyl groups is 1. The minimum Gasteiger partial charge on any atom is -0.493 e. The van der Waals surface area contributed by atoms with Gasteiger partial charge in [0.2, 0.25) is 0 Å². The Labute approximate surface area is 215 Å². The maximum Gasteiger partial charge on any atom is 0.160 e. The molecule has 7 nitrogen and oxygen atoms in total. The van der Waals surface area contributed by atoms with Gasteiger partial charge in [0.15, 0.2) is 11.5 Å². The maximum atomic E-state index is 10.3. The Hall–Kier alpha value is -2.61. The van der Waals surface area contributed by atoms with E-state index < -0.39 is 6.10 Å². The molecule has 3 atom stereocenters. The molecule has 1 N–H and O–H groups in total. The minimum atomic E-state index is -0.651. The molecule has 2 aromatic carbocycles. The maximum absolute atomic E-state index is 10.3. The van der Waals surface area contributed by atoms with Crippen LogP contribution >= 0.6 is 0 Å². The van der Waals surface area contributed by atoms with Crippen molar-refractivity contribution in [3.63, 3.8) is 0 Å². The van der Waals surface area contributed by atoms with Crippen molar-refractivity contribution in [1.29, 1.82) is 0 Å². The number of aliphatic imine (C=N–C) groups is 1. The van der Waals surface area contributed by atoms with Crippen molar-refractivity contribution >= 4 is 6.21 Å². The Bertz CT molecular complexity index is 916. The molecular weight excluding hydrogens is 458 g/mol. The second kappa shape index (κ2) is 15.5. The lowest BCUT2D eigenvalue weighted by molar-refractivity contribution is 0.0122. The lowest BCUT2D eigenvalue weighted by Gasteiger charge is -2.29. The molecule has 0 heterocycles. The number of hydrogen-bond acceptors (Lipinski definition) is 7. The van der Waals surface area contributed by atoms with Crippen LogP contribution in [0.5, 0.6) is 17.2 Å². The highest BCUT2D eigenvalue weighted by Crippen LogP contribution is 2.29. The Balaban J connectivity index is 1.40. The first-order chi connectivity index (χ1) is 17.6. The quantitative estimate of drug-likeness (QED) is 0.363. The van der Waals surface area contributed by atoms with Crippen molar-refractivity contribution < 1.29 is 28.8 Å². The third kappa shape index (κ3) is 9.12. The lowest BCUT2D eigenvalue weighted by Crippen LogP contribution is -2.30. The van der Waals surface area contributed by atoms with Gasteiger partial charge in [-0.15, -0.1) is 0 Å². The standard InChI is InChI=1S/C29H41NO6/c1-32-16-14-22-8-11-26(12-9-22)36-21-25(31)20-30-19-24-6-4-5-7-27(24)35-17-15-23-10-13-28(33-2)29(18-23)34-3/h8-13,18-19,24-25,27,31H,4-7,14-17,20-21H2,1-3H3/t24?,25-,27+/m0/s1. The Morgan fingerprint density at radius 1 is 0.917 bits per heavy atom. The van der Waals surface area contributed by atoms with Crippen LogP contribution in [0, 0.1) is 5.92 Å². The molecule has 0 bridgehead atoms. The highest BCUT2D eigenvalue weighted by molar-refractivity contribution is 5.61. The van der Waals surface area contributed by atoms with Crippen LogP contribution in [0.1, 0.15) is 36.8 Å². The van der Waals surface area contributed by atoms with Crippen molar-refractivity contribution in [3.05, 3.63) is 53.6 Å². The largest absolute Gasteiger partial charge is 0.493 e. The molecule has 36 heavy (non-hydrogen) atoms. The predicted octanol–water partition coefficient (Wildman–Crippen LogP) is 4.52. The summed E-state index contributed by atoms with van der Waals surface area (Å²) >= 11 is 0. The number of hydrogen-bond donors (Lipinski definition) is 1. The molecule has 1 aliphatic carbocycles. The van der Waals surface area contributed by atoms with Gasteiger partial charge in [0.1, 0.15) is 18.5 Å². The average Bonchev–Trinajstić information content (AvgIpc) is 2.92. The van der Waals surface area contributed by atoms with E-state index in [1.807, 2.05) is 48.7 Å². The first kappa shape index (κ1) is 28.0. The van der Waals surface area contributed by atoms with Gasteiger partial charge in [-0.05, 0) is 61.1 Å². The summed E-state index contributed by atoms with van der Waals surface area (Å²) < 4.78 is 27.8. The fraction of sp³-hybridized carbons (Fsp3) is 0.552. The van der Waals surface area contributed by atoms with Crippen LogP contribution in [0.2, 0.25) is 0 Å². The number of ether oxygens (including phenoxy) is 5. The minimum absolute atomic E-state index is 0.160. The van der Waals surface area contributed by atoms with Crippen LogP contribution < -0.4 is 14.2 Å². The predicted molar refractivity (Wildman–Crippen MR) is 142 cm³/mol. The van der Waals surface area contributed by atoms with Crippen LogP contribution in [0.15, 0.2) is 47.5 Å². The van der Waals surface area contributed by atoms with Crippen LogP contribution in [-0.2, 0) is 22.3 Å². The van der Waals surface area contributed by atoms with Gasteiger partial charge in [-0.3, -0.25) is 4.99 Å². The van der Waals surface area contributed by atoms with E-state index in [1.54, 1.807) is 21.3 Å². The first-order valence-corrected chi connectivity index (χ1v) is 12.8. The molecule has 2 aromatic rings. The van der Waals surface area contributed by atoms with Gasteiger partial charge in [0.05, 0.1) is 40.1 Å². The number of rotatable bonds is 15. The van der Waals surface area contributed by atoms with E-state index in [0.717, 1.165) is 48.5 Å². The summed E-state index contributed by atoms with van der Waals surface area (Å²) in [4.78, 5) is 4.53. The molecule has 7 heteroatoms. The van der Waals surface area contributed by atoms with Gasteiger partial charge in [-0.1, -0.05) is 31.0 Å². The third-order valence-electron chi connectivity index (χ3n) is 6.50. The van der Waals surface area contributed by atoms with E-state index in [2.05, 4.69) is 4.99 Å². The molecular formula is C29H41NO6. The third-order valence-corrected chi connectivity index (χ3v) is 6.50. The molecule has 1 saturated carbocycles. The average molecular weight is 500 g/mol. The van der Waals surface area contributed by atoms with Crippen molar-refractivity contribution in [3.8, 4) is 17.2 Å². The van der Waals surface area contributed by atoms with Gasteiger partial charge < -0.3 is 28.8 Å². The van der Waals surface area contributed by atoms with E-state index in [9.17, 15) is 5.11 Å². The topological polar surface area (TPSA) is 78.7 Å². The van der Waals surface area contributed by atoms with Gasteiger partial charge in [-0.2, -0.15) is 0 Å². The summed E-state index contributed by atoms with van der Waals surface area (Å²) in [5.41, 5.74) is 2.35. The second-order valence-electron chi connectivity index (χ2n) is 9.16. The zero-order valence-corrected chi connectivity index (χ0v) is 21.9. The Morgan fingerprint density at radius 3 is 2.39 bits per heavy atom. The van der Waals surface area contributed by atoms with Crippen molar-refractivity contribution in [2.75, 3.05) is 47.7 Å². The van der Waals surface area contributed by atoms with E-state index in [4.69, 9.17) is 23.7 Å². The molecule has 1 unspecified atom stereocenters. The summed E-state index contributed by atoms with van der Waals surface area (Å²) in [6.45, 7) is 1.87. The molecule has 0 aliphatic heterocycles. The molecule has 0 radical (unpaired) electrons. The fourth-order valence-corrected chi connectivity index (χ4v) is 4.40. The highest BCUT2D eigenvalue weighted by Gasteiger charge is 2.24. The Morgan fingerprint density at radius 2 is 1.64 bits per heavy atom. The zero-order valence-electron chi connectivity index (χ0n) is 21.9. The Kier molecular flexibility index (Phi) is 12.0. The summed E-state index contributed by atoms with van der Waals surface area (Å²) in [5, 5.41) is 10.3. The molecule has 198 valence electrons. The highest BCUT2D eigenvalue weighted by atomic mass is 16.5. The normalized spacial score (nSPS) is 18.8. The smallest absolute Gasteiger partial charge is 0.160 e. The molecule has 0 amide bonds. The van der Waals surface area contributed by atoms with E-state index in [0.29, 0.717) is 19.8 Å². The number of methoxy groups -OCH3 is 3.